The molecule has 1 rings (SSSR count). The summed E-state index contributed by atoms with van der Waals surface area (Å²) in [6.07, 6.45) is 2.69. The third-order valence-electron chi connectivity index (χ3n) is 2.94. The van der Waals surface area contributed by atoms with Crippen molar-refractivity contribution in [1.29, 1.82) is 0 Å². The minimum Gasteiger partial charge on any atom is -0.310 e. The van der Waals surface area contributed by atoms with E-state index in [4.69, 9.17) is 11.6 Å². The van der Waals surface area contributed by atoms with Crippen LogP contribution in [0, 0.1) is 0 Å². The van der Waals surface area contributed by atoms with Gasteiger partial charge in [-0.3, -0.25) is 4.21 Å². The van der Waals surface area contributed by atoms with E-state index in [1.807, 2.05) is 31.2 Å². The summed E-state index contributed by atoms with van der Waals surface area (Å²) in [4.78, 5) is 0. The zero-order valence-corrected chi connectivity index (χ0v) is 12.1. The number of hydrogen-bond acceptors (Lipinski definition) is 2. The third kappa shape index (κ3) is 5.19. The van der Waals surface area contributed by atoms with Crippen LogP contribution in [0.5, 0.6) is 0 Å². The zero-order valence-electron chi connectivity index (χ0n) is 10.6. The minimum absolute atomic E-state index is 0.250. The molecule has 96 valence electrons. The molecule has 3 unspecified atom stereocenters. The molecular formula is C13H20ClNOS. The fraction of sp³-hybridized carbons (Fsp3) is 0.538. The van der Waals surface area contributed by atoms with Crippen molar-refractivity contribution < 1.29 is 4.21 Å². The summed E-state index contributed by atoms with van der Waals surface area (Å²) in [6.45, 7) is 5.02. The molecule has 17 heavy (non-hydrogen) atoms. The number of hydrogen-bond donors (Lipinski definition) is 1. The van der Waals surface area contributed by atoms with Crippen molar-refractivity contribution >= 4 is 22.4 Å². The van der Waals surface area contributed by atoms with Crippen LogP contribution < -0.4 is 5.32 Å². The van der Waals surface area contributed by atoms with Crippen molar-refractivity contribution in [3.63, 3.8) is 0 Å². The van der Waals surface area contributed by atoms with Crippen LogP contribution in [-0.4, -0.2) is 22.3 Å². The quantitative estimate of drug-likeness (QED) is 0.863. The normalized spacial score (nSPS) is 16.5. The molecule has 0 spiro atoms. The van der Waals surface area contributed by atoms with Crippen LogP contribution >= 0.6 is 11.6 Å². The van der Waals surface area contributed by atoms with Gasteiger partial charge in [0.05, 0.1) is 0 Å². The predicted molar refractivity (Wildman–Crippen MR) is 76.0 cm³/mol. The molecule has 4 heteroatoms. The highest BCUT2D eigenvalue weighted by Crippen LogP contribution is 2.16. The van der Waals surface area contributed by atoms with Gasteiger partial charge in [0.15, 0.2) is 0 Å². The van der Waals surface area contributed by atoms with Crippen molar-refractivity contribution in [3.8, 4) is 0 Å². The average Bonchev–Trinajstić information content (AvgIpc) is 2.29. The Balaban J connectivity index is 2.37. The summed E-state index contributed by atoms with van der Waals surface area (Å²) in [5.41, 5.74) is 1.22. The maximum absolute atomic E-state index is 11.2. The van der Waals surface area contributed by atoms with E-state index in [0.717, 1.165) is 18.0 Å². The van der Waals surface area contributed by atoms with Crippen molar-refractivity contribution in [2.75, 3.05) is 12.8 Å². The smallest absolute Gasteiger partial charge is 0.0406 e. The summed E-state index contributed by atoms with van der Waals surface area (Å²) in [5.74, 6) is 0. The minimum atomic E-state index is -0.730. The van der Waals surface area contributed by atoms with E-state index in [1.54, 1.807) is 6.26 Å². The van der Waals surface area contributed by atoms with Gasteiger partial charge in [0, 0.05) is 33.4 Å². The molecule has 0 saturated heterocycles. The fourth-order valence-corrected chi connectivity index (χ4v) is 2.11. The van der Waals surface area contributed by atoms with Crippen LogP contribution in [0.2, 0.25) is 5.02 Å². The van der Waals surface area contributed by atoms with E-state index in [-0.39, 0.29) is 5.25 Å². The number of halogens is 1. The standard InChI is InChI=1S/C13H20ClNOS/c1-10(17(3)16)8-9-15-11(2)12-4-6-13(14)7-5-12/h4-7,10-11,15H,8-9H2,1-3H3. The molecule has 0 amide bonds. The van der Waals surface area contributed by atoms with Gasteiger partial charge in [-0.1, -0.05) is 30.7 Å². The Bertz CT molecular complexity index is 366. The van der Waals surface area contributed by atoms with Gasteiger partial charge in [-0.05, 0) is 37.6 Å². The van der Waals surface area contributed by atoms with Crippen LogP contribution in [0.1, 0.15) is 31.9 Å². The lowest BCUT2D eigenvalue weighted by atomic mass is 10.1. The monoisotopic (exact) mass is 273 g/mol. The molecule has 0 aromatic heterocycles. The number of benzene rings is 1. The second-order valence-electron chi connectivity index (χ2n) is 4.33. The van der Waals surface area contributed by atoms with Gasteiger partial charge < -0.3 is 5.32 Å². The summed E-state index contributed by atoms with van der Waals surface area (Å²) in [7, 11) is -0.730. The highest BCUT2D eigenvalue weighted by molar-refractivity contribution is 7.84. The average molecular weight is 274 g/mol. The van der Waals surface area contributed by atoms with Gasteiger partial charge in [0.1, 0.15) is 0 Å². The largest absolute Gasteiger partial charge is 0.310 e. The Morgan fingerprint density at radius 3 is 2.41 bits per heavy atom. The molecule has 1 aromatic carbocycles. The van der Waals surface area contributed by atoms with Crippen molar-refractivity contribution in [2.45, 2.75) is 31.6 Å². The van der Waals surface area contributed by atoms with Gasteiger partial charge in [0.25, 0.3) is 0 Å². The van der Waals surface area contributed by atoms with Crippen molar-refractivity contribution in [3.05, 3.63) is 34.9 Å². The third-order valence-corrected chi connectivity index (χ3v) is 4.56. The lowest BCUT2D eigenvalue weighted by Crippen LogP contribution is -2.24. The molecule has 0 heterocycles. The number of nitrogens with one attached hydrogen (secondary N) is 1. The maximum atomic E-state index is 11.2. The van der Waals surface area contributed by atoms with Gasteiger partial charge in [-0.2, -0.15) is 0 Å². The van der Waals surface area contributed by atoms with E-state index in [2.05, 4.69) is 12.2 Å². The molecule has 0 radical (unpaired) electrons. The molecule has 1 N–H and O–H groups in total. The second-order valence-corrected chi connectivity index (χ2v) is 6.56. The predicted octanol–water partition coefficient (Wildman–Crippen LogP) is 3.15. The highest BCUT2D eigenvalue weighted by Gasteiger charge is 2.08. The molecule has 2 nitrogen and oxygen atoms in total. The molecule has 1 aromatic rings. The first-order chi connectivity index (χ1) is 8.00. The van der Waals surface area contributed by atoms with Gasteiger partial charge in [0.2, 0.25) is 0 Å². The maximum Gasteiger partial charge on any atom is 0.0406 e. The summed E-state index contributed by atoms with van der Waals surface area (Å²) in [6, 6.07) is 8.16. The molecule has 3 atom stereocenters. The Hall–Kier alpha value is -0.380. The first-order valence-corrected chi connectivity index (χ1v) is 7.81. The van der Waals surface area contributed by atoms with Crippen LogP contribution in [-0.2, 0) is 10.8 Å². The van der Waals surface area contributed by atoms with E-state index >= 15 is 0 Å². The van der Waals surface area contributed by atoms with Crippen molar-refractivity contribution in [1.82, 2.24) is 5.32 Å². The Morgan fingerprint density at radius 2 is 1.88 bits per heavy atom. The first-order valence-electron chi connectivity index (χ1n) is 5.81. The van der Waals surface area contributed by atoms with Gasteiger partial charge in [-0.25, -0.2) is 0 Å². The molecule has 0 aliphatic carbocycles. The molecule has 0 saturated carbocycles. The van der Waals surface area contributed by atoms with E-state index in [1.165, 1.54) is 5.56 Å². The van der Waals surface area contributed by atoms with Crippen LogP contribution in [0.15, 0.2) is 24.3 Å². The molecule has 0 aliphatic heterocycles. The number of rotatable bonds is 6. The first kappa shape index (κ1) is 14.7. The molecule has 0 aliphatic rings. The van der Waals surface area contributed by atoms with Gasteiger partial charge in [-0.15, -0.1) is 0 Å². The van der Waals surface area contributed by atoms with Crippen LogP contribution in [0.4, 0.5) is 0 Å². The summed E-state index contributed by atoms with van der Waals surface area (Å²) in [5, 5.41) is 4.44. The molecule has 0 bridgehead atoms. The lowest BCUT2D eigenvalue weighted by Gasteiger charge is -2.15. The molecule has 0 fully saturated rings. The summed E-state index contributed by atoms with van der Waals surface area (Å²) < 4.78 is 11.2. The van der Waals surface area contributed by atoms with Crippen LogP contribution in [0.25, 0.3) is 0 Å². The topological polar surface area (TPSA) is 29.1 Å². The SMILES string of the molecule is CC(NCCC(C)S(C)=O)c1ccc(Cl)cc1. The summed E-state index contributed by atoms with van der Waals surface area (Å²) >= 11 is 5.84. The van der Waals surface area contributed by atoms with E-state index < -0.39 is 10.8 Å². The van der Waals surface area contributed by atoms with E-state index in [0.29, 0.717) is 6.04 Å². The van der Waals surface area contributed by atoms with E-state index in [9.17, 15) is 4.21 Å². The Morgan fingerprint density at radius 1 is 1.29 bits per heavy atom. The zero-order chi connectivity index (χ0) is 12.8. The van der Waals surface area contributed by atoms with Crippen LogP contribution in [0.3, 0.4) is 0 Å². The van der Waals surface area contributed by atoms with Gasteiger partial charge >= 0.3 is 0 Å². The lowest BCUT2D eigenvalue weighted by molar-refractivity contribution is 0.554. The molecular weight excluding hydrogens is 254 g/mol. The Kier molecular flexibility index (Phi) is 6.17. The Labute approximate surface area is 111 Å². The second kappa shape index (κ2) is 7.14. The van der Waals surface area contributed by atoms with Crippen molar-refractivity contribution in [2.24, 2.45) is 0 Å². The fourth-order valence-electron chi connectivity index (χ4n) is 1.54. The highest BCUT2D eigenvalue weighted by atomic mass is 35.5.